The molecule has 1 aliphatic rings. The Labute approximate surface area is 195 Å². The summed E-state index contributed by atoms with van der Waals surface area (Å²) >= 11 is 0. The lowest BCUT2D eigenvalue weighted by Crippen LogP contribution is -2.48. The quantitative estimate of drug-likeness (QED) is 0.321. The van der Waals surface area contributed by atoms with Crippen molar-refractivity contribution in [2.75, 3.05) is 33.4 Å². The predicted molar refractivity (Wildman–Crippen MR) is 129 cm³/mol. The van der Waals surface area contributed by atoms with Crippen LogP contribution in [-0.2, 0) is 16.7 Å². The second-order valence-corrected chi connectivity index (χ2v) is 7.30. The van der Waals surface area contributed by atoms with Crippen LogP contribution in [0.1, 0.15) is 30.9 Å². The average molecular weight is 527 g/mol. The normalized spacial score (nSPS) is 15.8. The number of hydrogen-bond acceptors (Lipinski definition) is 3. The van der Waals surface area contributed by atoms with Gasteiger partial charge in [0.25, 0.3) is 0 Å². The number of nitrogens with zero attached hydrogens (tertiary/aromatic N) is 1. The Morgan fingerprint density at radius 1 is 1.13 bits per heavy atom. The fourth-order valence-corrected chi connectivity index (χ4v) is 3.67. The summed E-state index contributed by atoms with van der Waals surface area (Å²) in [4.78, 5) is 4.64. The first-order valence-corrected chi connectivity index (χ1v) is 10.1. The standard InChI is InChI=1S/C23H30FN3O2.HI/c1-3-25-22(26-16-18-5-4-6-20(24)15-18)27-17-23(11-13-29-14-12-23)19-7-9-21(28-2)10-8-19;/h4-10,15H,3,11-14,16-17H2,1-2H3,(H2,25,26,27);1H. The van der Waals surface area contributed by atoms with Gasteiger partial charge >= 0.3 is 0 Å². The van der Waals surface area contributed by atoms with E-state index in [1.165, 1.54) is 17.7 Å². The molecule has 2 aromatic rings. The van der Waals surface area contributed by atoms with Crippen LogP contribution in [0.4, 0.5) is 4.39 Å². The highest BCUT2D eigenvalue weighted by Crippen LogP contribution is 2.35. The number of methoxy groups -OCH3 is 1. The van der Waals surface area contributed by atoms with Crippen molar-refractivity contribution in [3.8, 4) is 5.75 Å². The van der Waals surface area contributed by atoms with Crippen molar-refractivity contribution >= 4 is 29.9 Å². The summed E-state index contributed by atoms with van der Waals surface area (Å²) in [6.45, 7) is 5.44. The number of halogens is 2. The summed E-state index contributed by atoms with van der Waals surface area (Å²) in [5, 5.41) is 6.79. The number of guanidine groups is 1. The van der Waals surface area contributed by atoms with Crippen LogP contribution in [0, 0.1) is 5.82 Å². The highest BCUT2D eigenvalue weighted by Gasteiger charge is 2.34. The first kappa shape index (κ1) is 24.4. The Hall–Kier alpha value is -1.87. The molecule has 0 spiro atoms. The van der Waals surface area contributed by atoms with E-state index in [4.69, 9.17) is 9.47 Å². The summed E-state index contributed by atoms with van der Waals surface area (Å²) in [5.74, 6) is 1.35. The van der Waals surface area contributed by atoms with E-state index < -0.39 is 0 Å². The lowest BCUT2D eigenvalue weighted by atomic mass is 9.74. The Kier molecular flexibility index (Phi) is 9.84. The Bertz CT molecular complexity index is 808. The van der Waals surface area contributed by atoms with E-state index in [1.807, 2.05) is 25.1 Å². The molecule has 30 heavy (non-hydrogen) atoms. The number of hydrogen-bond donors (Lipinski definition) is 2. The minimum Gasteiger partial charge on any atom is -0.497 e. The zero-order valence-corrected chi connectivity index (χ0v) is 19.9. The highest BCUT2D eigenvalue weighted by atomic mass is 127. The van der Waals surface area contributed by atoms with E-state index >= 15 is 0 Å². The van der Waals surface area contributed by atoms with Crippen molar-refractivity contribution < 1.29 is 13.9 Å². The largest absolute Gasteiger partial charge is 0.497 e. The second kappa shape index (κ2) is 12.1. The number of aliphatic imine (C=N–C) groups is 1. The van der Waals surface area contributed by atoms with E-state index in [2.05, 4.69) is 27.8 Å². The van der Waals surface area contributed by atoms with Gasteiger partial charge in [0.15, 0.2) is 5.96 Å². The molecule has 7 heteroatoms. The molecule has 1 saturated heterocycles. The van der Waals surface area contributed by atoms with Gasteiger partial charge in [0.2, 0.25) is 0 Å². The van der Waals surface area contributed by atoms with Crippen molar-refractivity contribution in [3.05, 3.63) is 65.5 Å². The molecule has 5 nitrogen and oxygen atoms in total. The molecule has 0 aromatic heterocycles. The summed E-state index contributed by atoms with van der Waals surface area (Å²) in [6, 6.07) is 14.9. The van der Waals surface area contributed by atoms with Gasteiger partial charge in [0.05, 0.1) is 13.7 Å². The third kappa shape index (κ3) is 6.57. The maximum atomic E-state index is 13.4. The summed E-state index contributed by atoms with van der Waals surface area (Å²) in [7, 11) is 1.68. The zero-order chi connectivity index (χ0) is 20.5. The molecule has 164 valence electrons. The first-order valence-electron chi connectivity index (χ1n) is 10.1. The molecule has 0 unspecified atom stereocenters. The van der Waals surface area contributed by atoms with Crippen LogP contribution < -0.4 is 15.4 Å². The van der Waals surface area contributed by atoms with Crippen LogP contribution in [0.15, 0.2) is 53.5 Å². The third-order valence-corrected chi connectivity index (χ3v) is 5.40. The lowest BCUT2D eigenvalue weighted by molar-refractivity contribution is 0.0513. The molecule has 1 aliphatic heterocycles. The van der Waals surface area contributed by atoms with Crippen LogP contribution in [-0.4, -0.2) is 39.4 Å². The summed E-state index contributed by atoms with van der Waals surface area (Å²) in [6.07, 6.45) is 1.88. The minimum absolute atomic E-state index is 0. The Balaban J connectivity index is 0.00000320. The van der Waals surface area contributed by atoms with Gasteiger partial charge in [-0.05, 0) is 55.2 Å². The molecular formula is C23H31FIN3O2. The van der Waals surface area contributed by atoms with Crippen LogP contribution in [0.25, 0.3) is 0 Å². The van der Waals surface area contributed by atoms with Crippen LogP contribution in [0.2, 0.25) is 0 Å². The monoisotopic (exact) mass is 527 g/mol. The SMILES string of the molecule is CCNC(=NCc1cccc(F)c1)NCC1(c2ccc(OC)cc2)CCOCC1.I. The van der Waals surface area contributed by atoms with Gasteiger partial charge in [-0.15, -0.1) is 24.0 Å². The molecule has 0 aliphatic carbocycles. The molecule has 2 N–H and O–H groups in total. The molecule has 1 fully saturated rings. The van der Waals surface area contributed by atoms with Crippen molar-refractivity contribution in [1.82, 2.24) is 10.6 Å². The topological polar surface area (TPSA) is 54.9 Å². The minimum atomic E-state index is -0.240. The molecule has 3 rings (SSSR count). The van der Waals surface area contributed by atoms with Crippen molar-refractivity contribution in [3.63, 3.8) is 0 Å². The molecule has 0 amide bonds. The summed E-state index contributed by atoms with van der Waals surface area (Å²) in [5.41, 5.74) is 2.09. The van der Waals surface area contributed by atoms with E-state index in [9.17, 15) is 4.39 Å². The van der Waals surface area contributed by atoms with Gasteiger partial charge in [-0.3, -0.25) is 0 Å². The van der Waals surface area contributed by atoms with Crippen molar-refractivity contribution in [1.29, 1.82) is 0 Å². The molecule has 1 heterocycles. The van der Waals surface area contributed by atoms with Gasteiger partial charge in [-0.25, -0.2) is 9.38 Å². The van der Waals surface area contributed by atoms with E-state index in [-0.39, 0.29) is 35.2 Å². The van der Waals surface area contributed by atoms with E-state index in [0.717, 1.165) is 56.4 Å². The maximum Gasteiger partial charge on any atom is 0.191 e. The molecule has 2 aromatic carbocycles. The van der Waals surface area contributed by atoms with Gasteiger partial charge in [-0.2, -0.15) is 0 Å². The van der Waals surface area contributed by atoms with Crippen molar-refractivity contribution in [2.45, 2.75) is 31.7 Å². The Morgan fingerprint density at radius 3 is 2.50 bits per heavy atom. The van der Waals surface area contributed by atoms with Gasteiger partial charge in [-0.1, -0.05) is 24.3 Å². The maximum absolute atomic E-state index is 13.4. The second-order valence-electron chi connectivity index (χ2n) is 7.30. The molecule has 0 bridgehead atoms. The van der Waals surface area contributed by atoms with Crippen LogP contribution >= 0.6 is 24.0 Å². The number of rotatable bonds is 7. The van der Waals surface area contributed by atoms with Crippen LogP contribution in [0.5, 0.6) is 5.75 Å². The number of ether oxygens (including phenoxy) is 2. The fourth-order valence-electron chi connectivity index (χ4n) is 3.67. The van der Waals surface area contributed by atoms with Crippen molar-refractivity contribution in [2.24, 2.45) is 4.99 Å². The average Bonchev–Trinajstić information content (AvgIpc) is 2.76. The smallest absolute Gasteiger partial charge is 0.191 e. The zero-order valence-electron chi connectivity index (χ0n) is 17.6. The molecule has 0 atom stereocenters. The number of benzene rings is 2. The molecule has 0 saturated carbocycles. The lowest BCUT2D eigenvalue weighted by Gasteiger charge is -2.38. The number of nitrogens with one attached hydrogen (secondary N) is 2. The first-order chi connectivity index (χ1) is 14.1. The Morgan fingerprint density at radius 2 is 1.87 bits per heavy atom. The highest BCUT2D eigenvalue weighted by molar-refractivity contribution is 14.0. The predicted octanol–water partition coefficient (Wildman–Crippen LogP) is 4.26. The third-order valence-electron chi connectivity index (χ3n) is 5.40. The van der Waals surface area contributed by atoms with Gasteiger partial charge < -0.3 is 20.1 Å². The van der Waals surface area contributed by atoms with E-state index in [0.29, 0.717) is 6.54 Å². The molecular weight excluding hydrogens is 496 g/mol. The van der Waals surface area contributed by atoms with Crippen LogP contribution in [0.3, 0.4) is 0 Å². The van der Waals surface area contributed by atoms with Gasteiger partial charge in [0, 0.05) is 31.7 Å². The fraction of sp³-hybridized carbons (Fsp3) is 0.435. The van der Waals surface area contributed by atoms with Gasteiger partial charge in [0.1, 0.15) is 11.6 Å². The molecule has 0 radical (unpaired) electrons. The van der Waals surface area contributed by atoms with E-state index in [1.54, 1.807) is 13.2 Å². The summed E-state index contributed by atoms with van der Waals surface area (Å²) < 4.78 is 24.4.